The van der Waals surface area contributed by atoms with E-state index in [-0.39, 0.29) is 11.5 Å². The highest BCUT2D eigenvalue weighted by atomic mass is 16.3. The van der Waals surface area contributed by atoms with Crippen LogP contribution in [0.5, 0.6) is 11.5 Å². The Balaban J connectivity index is 0.000000141. The first kappa shape index (κ1) is 15.9. The summed E-state index contributed by atoms with van der Waals surface area (Å²) >= 11 is 0. The number of aromatic hydroxyl groups is 2. The molecule has 0 unspecified atom stereocenters. The highest BCUT2D eigenvalue weighted by Crippen LogP contribution is 2.17. The first-order chi connectivity index (χ1) is 11.8. The highest BCUT2D eigenvalue weighted by molar-refractivity contribution is 6.02. The maximum Gasteiger partial charge on any atom is 0.132 e. The minimum absolute atomic E-state index is 0.283. The molecule has 2 aromatic rings. The quantitative estimate of drug-likeness (QED) is 0.674. The number of aliphatic imine (C=N–C) groups is 2. The van der Waals surface area contributed by atoms with Crippen LogP contribution in [-0.4, -0.2) is 48.1 Å². The van der Waals surface area contributed by atoms with Crippen molar-refractivity contribution in [3.63, 3.8) is 0 Å². The number of rotatable bonds is 2. The third kappa shape index (κ3) is 3.65. The monoisotopic (exact) mass is 324 g/mol. The normalized spacial score (nSPS) is 15.5. The molecule has 2 aromatic carbocycles. The lowest BCUT2D eigenvalue weighted by Gasteiger charge is -2.03. The topological polar surface area (TPSA) is 89.2 Å². The van der Waals surface area contributed by atoms with Gasteiger partial charge in [-0.1, -0.05) is 24.3 Å². The summed E-state index contributed by atoms with van der Waals surface area (Å²) in [7, 11) is 0. The van der Waals surface area contributed by atoms with Gasteiger partial charge in [-0.25, -0.2) is 0 Å². The fourth-order valence-corrected chi connectivity index (χ4v) is 2.50. The van der Waals surface area contributed by atoms with Gasteiger partial charge in [-0.15, -0.1) is 0 Å². The van der Waals surface area contributed by atoms with Gasteiger partial charge in [0.25, 0.3) is 0 Å². The van der Waals surface area contributed by atoms with Crippen LogP contribution < -0.4 is 10.6 Å². The third-order valence-corrected chi connectivity index (χ3v) is 3.67. The van der Waals surface area contributed by atoms with Gasteiger partial charge in [-0.05, 0) is 24.3 Å². The van der Waals surface area contributed by atoms with Crippen molar-refractivity contribution in [2.75, 3.05) is 26.2 Å². The Kier molecular flexibility index (Phi) is 4.96. The molecule has 2 aliphatic rings. The van der Waals surface area contributed by atoms with Crippen LogP contribution >= 0.6 is 0 Å². The molecule has 0 atom stereocenters. The summed E-state index contributed by atoms with van der Waals surface area (Å²) in [5.41, 5.74) is 1.57. The lowest BCUT2D eigenvalue weighted by atomic mass is 10.2. The van der Waals surface area contributed by atoms with Gasteiger partial charge >= 0.3 is 0 Å². The molecule has 0 saturated heterocycles. The molecule has 2 heterocycles. The van der Waals surface area contributed by atoms with Crippen LogP contribution in [-0.2, 0) is 0 Å². The lowest BCUT2D eigenvalue weighted by molar-refractivity contribution is 0.473. The second kappa shape index (κ2) is 7.50. The Bertz CT molecular complexity index is 706. The zero-order valence-electron chi connectivity index (χ0n) is 13.2. The number of para-hydroxylation sites is 2. The summed E-state index contributed by atoms with van der Waals surface area (Å²) in [5, 5.41) is 25.1. The van der Waals surface area contributed by atoms with Crippen LogP contribution in [0.4, 0.5) is 0 Å². The van der Waals surface area contributed by atoms with E-state index in [1.807, 2.05) is 24.3 Å². The number of amidine groups is 2. The first-order valence-corrected chi connectivity index (χ1v) is 7.89. The van der Waals surface area contributed by atoms with Gasteiger partial charge in [0.2, 0.25) is 0 Å². The van der Waals surface area contributed by atoms with Crippen molar-refractivity contribution in [2.24, 2.45) is 9.98 Å². The van der Waals surface area contributed by atoms with E-state index in [9.17, 15) is 10.2 Å². The van der Waals surface area contributed by atoms with E-state index in [0.717, 1.165) is 49.0 Å². The van der Waals surface area contributed by atoms with Crippen LogP contribution in [0.1, 0.15) is 11.1 Å². The zero-order chi connectivity index (χ0) is 16.8. The van der Waals surface area contributed by atoms with Gasteiger partial charge in [-0.3, -0.25) is 9.98 Å². The van der Waals surface area contributed by atoms with Gasteiger partial charge in [0.15, 0.2) is 0 Å². The molecule has 24 heavy (non-hydrogen) atoms. The summed E-state index contributed by atoms with van der Waals surface area (Å²) in [6.07, 6.45) is 0. The van der Waals surface area contributed by atoms with Crippen molar-refractivity contribution >= 4 is 11.7 Å². The fourth-order valence-electron chi connectivity index (χ4n) is 2.50. The number of nitrogens with zero attached hydrogens (tertiary/aromatic N) is 2. The number of benzene rings is 2. The molecule has 0 aliphatic carbocycles. The van der Waals surface area contributed by atoms with E-state index in [1.165, 1.54) is 0 Å². The smallest absolute Gasteiger partial charge is 0.132 e. The van der Waals surface area contributed by atoms with E-state index in [1.54, 1.807) is 24.3 Å². The maximum absolute atomic E-state index is 9.45. The lowest BCUT2D eigenvalue weighted by Crippen LogP contribution is -2.19. The molecular weight excluding hydrogens is 304 g/mol. The summed E-state index contributed by atoms with van der Waals surface area (Å²) in [6, 6.07) is 14.4. The Hall–Kier alpha value is -3.02. The highest BCUT2D eigenvalue weighted by Gasteiger charge is 2.11. The van der Waals surface area contributed by atoms with E-state index < -0.39 is 0 Å². The van der Waals surface area contributed by atoms with Gasteiger partial charge in [-0.2, -0.15) is 0 Å². The van der Waals surface area contributed by atoms with E-state index in [2.05, 4.69) is 20.6 Å². The average molecular weight is 324 g/mol. The second-order valence-corrected chi connectivity index (χ2v) is 5.35. The standard InChI is InChI=1S/2C9H10N2O/c2*12-8-4-2-1-3-7(8)9-10-5-6-11-9/h2*1-4,12H,5-6H2,(H,10,11). The summed E-state index contributed by atoms with van der Waals surface area (Å²) < 4.78 is 0. The molecule has 6 heteroatoms. The molecule has 4 rings (SSSR count). The van der Waals surface area contributed by atoms with Gasteiger partial charge in [0.1, 0.15) is 23.2 Å². The van der Waals surface area contributed by atoms with Crippen molar-refractivity contribution < 1.29 is 10.2 Å². The molecular formula is C18H20N4O2. The molecule has 124 valence electrons. The van der Waals surface area contributed by atoms with Crippen molar-refractivity contribution in [3.05, 3.63) is 59.7 Å². The van der Waals surface area contributed by atoms with Gasteiger partial charge < -0.3 is 20.8 Å². The fraction of sp³-hybridized carbons (Fsp3) is 0.222. The van der Waals surface area contributed by atoms with Crippen molar-refractivity contribution in [1.29, 1.82) is 0 Å². The number of hydrogen-bond donors (Lipinski definition) is 4. The maximum atomic E-state index is 9.45. The Morgan fingerprint density at radius 1 is 0.667 bits per heavy atom. The number of nitrogens with one attached hydrogen (secondary N) is 2. The van der Waals surface area contributed by atoms with Gasteiger partial charge in [0.05, 0.1) is 24.2 Å². The molecule has 6 nitrogen and oxygen atoms in total. The average Bonchev–Trinajstić information content (AvgIpc) is 3.30. The van der Waals surface area contributed by atoms with Crippen LogP contribution in [0, 0.1) is 0 Å². The van der Waals surface area contributed by atoms with E-state index in [0.29, 0.717) is 0 Å². The van der Waals surface area contributed by atoms with E-state index in [4.69, 9.17) is 0 Å². The summed E-state index contributed by atoms with van der Waals surface area (Å²) in [6.45, 7) is 3.32. The zero-order valence-corrected chi connectivity index (χ0v) is 13.2. The third-order valence-electron chi connectivity index (χ3n) is 3.67. The van der Waals surface area contributed by atoms with E-state index >= 15 is 0 Å². The van der Waals surface area contributed by atoms with Crippen LogP contribution in [0.25, 0.3) is 0 Å². The predicted molar refractivity (Wildman–Crippen MR) is 95.0 cm³/mol. The van der Waals surface area contributed by atoms with Crippen LogP contribution in [0.15, 0.2) is 58.5 Å². The molecule has 0 saturated carbocycles. The Labute approximate surface area is 140 Å². The molecule has 2 aliphatic heterocycles. The number of phenolic OH excluding ortho intramolecular Hbond substituents is 2. The Morgan fingerprint density at radius 3 is 1.42 bits per heavy atom. The molecule has 0 bridgehead atoms. The minimum atomic E-state index is 0.283. The summed E-state index contributed by atoms with van der Waals surface area (Å²) in [4.78, 5) is 8.42. The number of phenols is 2. The predicted octanol–water partition coefficient (Wildman–Crippen LogP) is 1.48. The largest absolute Gasteiger partial charge is 0.507 e. The van der Waals surface area contributed by atoms with Crippen molar-refractivity contribution in [2.45, 2.75) is 0 Å². The van der Waals surface area contributed by atoms with Crippen molar-refractivity contribution in [3.8, 4) is 11.5 Å². The SMILES string of the molecule is Oc1ccccc1C1=NCCN1.Oc1ccccc1C1=NCCN1. The summed E-state index contributed by atoms with van der Waals surface area (Å²) in [5.74, 6) is 2.16. The Morgan fingerprint density at radius 2 is 1.08 bits per heavy atom. The molecule has 0 radical (unpaired) electrons. The van der Waals surface area contributed by atoms with Crippen molar-refractivity contribution in [1.82, 2.24) is 10.6 Å². The minimum Gasteiger partial charge on any atom is -0.507 e. The molecule has 4 N–H and O–H groups in total. The first-order valence-electron chi connectivity index (χ1n) is 7.89. The number of hydrogen-bond acceptors (Lipinski definition) is 6. The van der Waals surface area contributed by atoms with Crippen LogP contribution in [0.3, 0.4) is 0 Å². The molecule has 0 aromatic heterocycles. The molecule has 0 amide bonds. The molecule has 0 fully saturated rings. The van der Waals surface area contributed by atoms with Gasteiger partial charge in [0, 0.05) is 13.1 Å². The van der Waals surface area contributed by atoms with Crippen LogP contribution in [0.2, 0.25) is 0 Å². The molecule has 0 spiro atoms. The second-order valence-electron chi connectivity index (χ2n) is 5.35.